The van der Waals surface area contributed by atoms with E-state index in [1.165, 1.54) is 0 Å². The minimum Gasteiger partial charge on any atom is -0.379 e. The fourth-order valence-corrected chi connectivity index (χ4v) is 2.54. The monoisotopic (exact) mass is 271 g/mol. The third-order valence-corrected chi connectivity index (χ3v) is 4.02. The highest BCUT2D eigenvalue weighted by Gasteiger charge is 2.44. The molecule has 1 saturated heterocycles. The second kappa shape index (κ2) is 6.68. The third kappa shape index (κ3) is 3.91. The van der Waals surface area contributed by atoms with E-state index < -0.39 is 5.41 Å². The number of nitrogens with two attached hydrogens (primary N) is 1. The van der Waals surface area contributed by atoms with Gasteiger partial charge in [0, 0.05) is 31.2 Å². The van der Waals surface area contributed by atoms with Crippen molar-refractivity contribution in [1.29, 1.82) is 0 Å². The Morgan fingerprint density at radius 1 is 1.42 bits per heavy atom. The van der Waals surface area contributed by atoms with Gasteiger partial charge in [0.15, 0.2) is 0 Å². The van der Waals surface area contributed by atoms with Crippen molar-refractivity contribution in [2.75, 3.05) is 26.3 Å². The van der Waals surface area contributed by atoms with Crippen molar-refractivity contribution in [3.05, 3.63) is 0 Å². The molecular formula is C14H29N3O2. The first-order valence-corrected chi connectivity index (χ1v) is 7.16. The van der Waals surface area contributed by atoms with Gasteiger partial charge in [-0.15, -0.1) is 0 Å². The minimum atomic E-state index is -0.583. The lowest BCUT2D eigenvalue weighted by Gasteiger charge is -2.31. The van der Waals surface area contributed by atoms with Gasteiger partial charge in [-0.25, -0.2) is 0 Å². The predicted molar refractivity (Wildman–Crippen MR) is 76.9 cm³/mol. The van der Waals surface area contributed by atoms with Crippen molar-refractivity contribution >= 4 is 5.91 Å². The van der Waals surface area contributed by atoms with Gasteiger partial charge >= 0.3 is 0 Å². The van der Waals surface area contributed by atoms with Crippen LogP contribution in [0.25, 0.3) is 0 Å². The zero-order valence-corrected chi connectivity index (χ0v) is 12.9. The Morgan fingerprint density at radius 2 is 2.00 bits per heavy atom. The van der Waals surface area contributed by atoms with Crippen LogP contribution in [0.4, 0.5) is 0 Å². The number of carbonyl (C=O) groups is 1. The van der Waals surface area contributed by atoms with Crippen molar-refractivity contribution in [3.8, 4) is 0 Å². The van der Waals surface area contributed by atoms with Gasteiger partial charge < -0.3 is 15.8 Å². The van der Waals surface area contributed by atoms with Crippen LogP contribution >= 0.6 is 0 Å². The number of nitrogens with zero attached hydrogens (tertiary/aromatic N) is 1. The van der Waals surface area contributed by atoms with Crippen molar-refractivity contribution in [2.24, 2.45) is 11.1 Å². The van der Waals surface area contributed by atoms with E-state index in [-0.39, 0.29) is 11.9 Å². The highest BCUT2D eigenvalue weighted by molar-refractivity contribution is 5.83. The Bertz CT molecular complexity index is 299. The molecule has 1 rings (SSSR count). The van der Waals surface area contributed by atoms with Gasteiger partial charge in [0.2, 0.25) is 5.91 Å². The third-order valence-electron chi connectivity index (χ3n) is 4.02. The van der Waals surface area contributed by atoms with Gasteiger partial charge in [0.1, 0.15) is 0 Å². The number of hydrogen-bond acceptors (Lipinski definition) is 4. The molecule has 0 aromatic rings. The standard InChI is InChI=1S/C14H29N3O2/c1-10(2)17(11(3)4)7-6-16-13(18)14(5)9-19-8-12(14)15/h10-12H,6-9,15H2,1-5H3,(H,16,18). The van der Waals surface area contributed by atoms with Crippen LogP contribution in [-0.4, -0.2) is 55.2 Å². The fraction of sp³-hybridized carbons (Fsp3) is 0.929. The summed E-state index contributed by atoms with van der Waals surface area (Å²) in [6.45, 7) is 12.9. The Morgan fingerprint density at radius 3 is 2.42 bits per heavy atom. The summed E-state index contributed by atoms with van der Waals surface area (Å²) < 4.78 is 5.30. The maximum atomic E-state index is 12.2. The van der Waals surface area contributed by atoms with Crippen LogP contribution < -0.4 is 11.1 Å². The van der Waals surface area contributed by atoms with E-state index in [4.69, 9.17) is 10.5 Å². The minimum absolute atomic E-state index is 0.00459. The van der Waals surface area contributed by atoms with Crippen molar-refractivity contribution < 1.29 is 9.53 Å². The molecule has 3 N–H and O–H groups in total. The smallest absolute Gasteiger partial charge is 0.229 e. The van der Waals surface area contributed by atoms with E-state index in [9.17, 15) is 4.79 Å². The molecule has 2 atom stereocenters. The number of carbonyl (C=O) groups excluding carboxylic acids is 1. The molecular weight excluding hydrogens is 242 g/mol. The van der Waals surface area contributed by atoms with Crippen LogP contribution in [0.5, 0.6) is 0 Å². The highest BCUT2D eigenvalue weighted by atomic mass is 16.5. The van der Waals surface area contributed by atoms with E-state index in [1.54, 1.807) is 0 Å². The number of nitrogens with one attached hydrogen (secondary N) is 1. The van der Waals surface area contributed by atoms with E-state index in [0.29, 0.717) is 31.8 Å². The zero-order chi connectivity index (χ0) is 14.6. The average molecular weight is 271 g/mol. The summed E-state index contributed by atoms with van der Waals surface area (Å²) in [4.78, 5) is 14.6. The molecule has 0 aliphatic carbocycles. The topological polar surface area (TPSA) is 67.6 Å². The van der Waals surface area contributed by atoms with E-state index in [0.717, 1.165) is 6.54 Å². The van der Waals surface area contributed by atoms with Crippen molar-refractivity contribution in [3.63, 3.8) is 0 Å². The molecule has 0 radical (unpaired) electrons. The number of amides is 1. The average Bonchev–Trinajstić information content (AvgIpc) is 2.65. The first-order chi connectivity index (χ1) is 8.79. The largest absolute Gasteiger partial charge is 0.379 e. The maximum absolute atomic E-state index is 12.2. The second-order valence-corrected chi connectivity index (χ2v) is 6.22. The van der Waals surface area contributed by atoms with Crippen LogP contribution in [0.15, 0.2) is 0 Å². The molecule has 1 heterocycles. The summed E-state index contributed by atoms with van der Waals surface area (Å²) in [5.74, 6) is 0.00459. The van der Waals surface area contributed by atoms with E-state index >= 15 is 0 Å². The first kappa shape index (κ1) is 16.4. The van der Waals surface area contributed by atoms with E-state index in [2.05, 4.69) is 37.9 Å². The Labute approximate surface area is 116 Å². The molecule has 0 spiro atoms. The molecule has 0 aromatic heterocycles. The molecule has 1 aliphatic heterocycles. The second-order valence-electron chi connectivity index (χ2n) is 6.22. The van der Waals surface area contributed by atoms with Crippen molar-refractivity contribution in [1.82, 2.24) is 10.2 Å². The lowest BCUT2D eigenvalue weighted by molar-refractivity contribution is -0.130. The molecule has 5 nitrogen and oxygen atoms in total. The summed E-state index contributed by atoms with van der Waals surface area (Å²) in [6.07, 6.45) is 0. The quantitative estimate of drug-likeness (QED) is 0.742. The van der Waals surface area contributed by atoms with Gasteiger partial charge in [-0.3, -0.25) is 9.69 Å². The number of rotatable bonds is 6. The van der Waals surface area contributed by atoms with Crippen LogP contribution in [0, 0.1) is 5.41 Å². The summed E-state index contributed by atoms with van der Waals surface area (Å²) in [5, 5.41) is 3.00. The molecule has 5 heteroatoms. The molecule has 112 valence electrons. The molecule has 2 unspecified atom stereocenters. The van der Waals surface area contributed by atoms with Gasteiger partial charge in [0.05, 0.1) is 18.6 Å². The van der Waals surface area contributed by atoms with E-state index in [1.807, 2.05) is 6.92 Å². The van der Waals surface area contributed by atoms with Gasteiger partial charge in [-0.2, -0.15) is 0 Å². The maximum Gasteiger partial charge on any atom is 0.229 e. The van der Waals surface area contributed by atoms with Crippen LogP contribution in [0.1, 0.15) is 34.6 Å². The molecule has 1 fully saturated rings. The lowest BCUT2D eigenvalue weighted by atomic mass is 9.85. The summed E-state index contributed by atoms with van der Waals surface area (Å²) in [7, 11) is 0. The summed E-state index contributed by atoms with van der Waals surface area (Å²) in [6, 6.07) is 0.743. The molecule has 1 amide bonds. The van der Waals surface area contributed by atoms with Gasteiger partial charge in [-0.1, -0.05) is 0 Å². The highest BCUT2D eigenvalue weighted by Crippen LogP contribution is 2.26. The Kier molecular flexibility index (Phi) is 5.77. The number of ether oxygens (including phenoxy) is 1. The van der Waals surface area contributed by atoms with Crippen LogP contribution in [-0.2, 0) is 9.53 Å². The van der Waals surface area contributed by atoms with Crippen LogP contribution in [0.3, 0.4) is 0 Å². The van der Waals surface area contributed by atoms with Crippen LogP contribution in [0.2, 0.25) is 0 Å². The zero-order valence-electron chi connectivity index (χ0n) is 12.9. The van der Waals surface area contributed by atoms with Gasteiger partial charge in [0.25, 0.3) is 0 Å². The predicted octanol–water partition coefficient (Wildman–Crippen LogP) is 0.585. The molecule has 19 heavy (non-hydrogen) atoms. The molecule has 0 saturated carbocycles. The molecule has 0 bridgehead atoms. The molecule has 0 aromatic carbocycles. The Balaban J connectivity index is 2.42. The first-order valence-electron chi connectivity index (χ1n) is 7.16. The number of hydrogen-bond donors (Lipinski definition) is 2. The van der Waals surface area contributed by atoms with Gasteiger partial charge in [-0.05, 0) is 34.6 Å². The summed E-state index contributed by atoms with van der Waals surface area (Å²) >= 11 is 0. The normalized spacial score (nSPS) is 27.5. The summed E-state index contributed by atoms with van der Waals surface area (Å²) in [5.41, 5.74) is 5.36. The Hall–Kier alpha value is -0.650. The van der Waals surface area contributed by atoms with Crippen molar-refractivity contribution in [2.45, 2.75) is 52.7 Å². The SMILES string of the molecule is CC(C)N(CCNC(=O)C1(C)COCC1N)C(C)C. The fourth-order valence-electron chi connectivity index (χ4n) is 2.54. The molecule has 1 aliphatic rings. The lowest BCUT2D eigenvalue weighted by Crippen LogP contribution is -2.51.